The maximum Gasteiger partial charge on any atom is 0.253 e. The third kappa shape index (κ3) is 4.17. The smallest absolute Gasteiger partial charge is 0.253 e. The van der Waals surface area contributed by atoms with Crippen molar-refractivity contribution in [1.82, 2.24) is 9.88 Å². The first kappa shape index (κ1) is 18.3. The van der Waals surface area contributed by atoms with E-state index in [9.17, 15) is 9.59 Å². The summed E-state index contributed by atoms with van der Waals surface area (Å²) < 4.78 is 5.65. The van der Waals surface area contributed by atoms with Gasteiger partial charge >= 0.3 is 0 Å². The first-order valence-electron chi connectivity index (χ1n) is 9.06. The molecule has 5 heteroatoms. The molecule has 5 nitrogen and oxygen atoms in total. The van der Waals surface area contributed by atoms with Gasteiger partial charge in [-0.2, -0.15) is 0 Å². The highest BCUT2D eigenvalue weighted by Crippen LogP contribution is 2.20. The summed E-state index contributed by atoms with van der Waals surface area (Å²) in [5, 5.41) is 0. The number of rotatable bonds is 6. The second-order valence-corrected chi connectivity index (χ2v) is 6.54. The molecule has 0 radical (unpaired) electrons. The molecular weight excluding hydrogens is 328 g/mol. The molecule has 26 heavy (non-hydrogen) atoms. The number of hydrogen-bond acceptors (Lipinski definition) is 4. The van der Waals surface area contributed by atoms with Crippen molar-refractivity contribution in [3.63, 3.8) is 0 Å². The van der Waals surface area contributed by atoms with Gasteiger partial charge in [-0.1, -0.05) is 12.1 Å². The SMILES string of the molecule is CCN(C[C@@H]1CCCO1)C(=O)c1ccc(-c2ccc(C(C)=O)cn2)cc1. The first-order valence-corrected chi connectivity index (χ1v) is 9.06. The Bertz CT molecular complexity index is 763. The molecule has 1 fully saturated rings. The lowest BCUT2D eigenvalue weighted by atomic mass is 10.1. The normalized spacial score (nSPS) is 16.5. The average molecular weight is 352 g/mol. The molecule has 0 unspecified atom stereocenters. The monoisotopic (exact) mass is 352 g/mol. The van der Waals surface area contributed by atoms with E-state index < -0.39 is 0 Å². The van der Waals surface area contributed by atoms with E-state index in [2.05, 4.69) is 4.98 Å². The standard InChI is InChI=1S/C21H24N2O3/c1-3-23(14-19-5-4-12-26-19)21(25)17-8-6-16(7-9-17)20-11-10-18(13-22-20)15(2)24/h6-11,13,19H,3-5,12,14H2,1-2H3/t19-/m0/s1. The van der Waals surface area contributed by atoms with Crippen molar-refractivity contribution >= 4 is 11.7 Å². The highest BCUT2D eigenvalue weighted by molar-refractivity contribution is 5.95. The lowest BCUT2D eigenvalue weighted by Crippen LogP contribution is -2.37. The predicted octanol–water partition coefficient (Wildman–Crippen LogP) is 3.59. The molecule has 1 aromatic heterocycles. The van der Waals surface area contributed by atoms with Crippen LogP contribution in [-0.4, -0.2) is 47.4 Å². The minimum atomic E-state index is -0.00380. The van der Waals surface area contributed by atoms with Crippen LogP contribution in [0.15, 0.2) is 42.6 Å². The highest BCUT2D eigenvalue weighted by Gasteiger charge is 2.22. The summed E-state index contributed by atoms with van der Waals surface area (Å²) in [6, 6.07) is 11.0. The van der Waals surface area contributed by atoms with E-state index in [4.69, 9.17) is 4.74 Å². The number of carbonyl (C=O) groups excluding carboxylic acids is 2. The van der Waals surface area contributed by atoms with Gasteiger partial charge in [0.25, 0.3) is 5.91 Å². The van der Waals surface area contributed by atoms with Gasteiger partial charge < -0.3 is 9.64 Å². The van der Waals surface area contributed by atoms with E-state index in [1.807, 2.05) is 42.2 Å². The van der Waals surface area contributed by atoms with Crippen molar-refractivity contribution in [2.45, 2.75) is 32.8 Å². The Kier molecular flexibility index (Phi) is 5.78. The van der Waals surface area contributed by atoms with Crippen LogP contribution in [0.5, 0.6) is 0 Å². The number of ketones is 1. The van der Waals surface area contributed by atoms with E-state index in [0.29, 0.717) is 24.2 Å². The fourth-order valence-corrected chi connectivity index (χ4v) is 3.13. The van der Waals surface area contributed by atoms with Crippen LogP contribution in [-0.2, 0) is 4.74 Å². The quantitative estimate of drug-likeness (QED) is 0.746. The molecule has 2 aromatic rings. The van der Waals surface area contributed by atoms with Gasteiger partial charge in [0.2, 0.25) is 0 Å². The summed E-state index contributed by atoms with van der Waals surface area (Å²) in [5.74, 6) is 0.0188. The second kappa shape index (κ2) is 8.23. The number of hydrogen-bond donors (Lipinski definition) is 0. The molecule has 0 spiro atoms. The zero-order valence-electron chi connectivity index (χ0n) is 15.3. The van der Waals surface area contributed by atoms with Crippen molar-refractivity contribution in [2.75, 3.05) is 19.7 Å². The number of nitrogens with zero attached hydrogens (tertiary/aromatic N) is 2. The Morgan fingerprint density at radius 2 is 1.88 bits per heavy atom. The Morgan fingerprint density at radius 1 is 1.15 bits per heavy atom. The third-order valence-corrected chi connectivity index (χ3v) is 4.71. The summed E-state index contributed by atoms with van der Waals surface area (Å²) in [6.07, 6.45) is 3.82. The van der Waals surface area contributed by atoms with E-state index in [-0.39, 0.29) is 17.8 Å². The van der Waals surface area contributed by atoms with E-state index in [1.54, 1.807) is 12.3 Å². The molecule has 0 bridgehead atoms. The van der Waals surface area contributed by atoms with Crippen LogP contribution in [0.2, 0.25) is 0 Å². The molecule has 0 saturated carbocycles. The number of carbonyl (C=O) groups is 2. The van der Waals surface area contributed by atoms with Crippen LogP contribution >= 0.6 is 0 Å². The topological polar surface area (TPSA) is 59.5 Å². The molecule has 1 aromatic carbocycles. The number of pyridine rings is 1. The first-order chi connectivity index (χ1) is 12.6. The molecule has 2 heterocycles. The van der Waals surface area contributed by atoms with Crippen LogP contribution in [0.25, 0.3) is 11.3 Å². The molecule has 1 amide bonds. The molecule has 0 N–H and O–H groups in total. The lowest BCUT2D eigenvalue weighted by Gasteiger charge is -2.24. The van der Waals surface area contributed by atoms with Gasteiger partial charge in [-0.3, -0.25) is 14.6 Å². The lowest BCUT2D eigenvalue weighted by molar-refractivity contribution is 0.0539. The maximum absolute atomic E-state index is 12.7. The minimum absolute atomic E-state index is 0.00380. The fourth-order valence-electron chi connectivity index (χ4n) is 3.13. The van der Waals surface area contributed by atoms with Crippen LogP contribution in [0.4, 0.5) is 0 Å². The summed E-state index contributed by atoms with van der Waals surface area (Å²) in [4.78, 5) is 30.3. The molecule has 3 rings (SSSR count). The molecule has 1 aliphatic rings. The molecule has 1 atom stereocenters. The number of likely N-dealkylation sites (N-methyl/N-ethyl adjacent to an activating group) is 1. The van der Waals surface area contributed by atoms with Gasteiger partial charge in [0.05, 0.1) is 11.8 Å². The van der Waals surface area contributed by atoms with Gasteiger partial charge in [-0.15, -0.1) is 0 Å². The molecule has 0 aliphatic carbocycles. The number of benzene rings is 1. The summed E-state index contributed by atoms with van der Waals surface area (Å²) >= 11 is 0. The van der Waals surface area contributed by atoms with Crippen molar-refractivity contribution in [1.29, 1.82) is 0 Å². The van der Waals surface area contributed by atoms with Crippen molar-refractivity contribution in [3.05, 3.63) is 53.7 Å². The number of ether oxygens (including phenoxy) is 1. The number of amides is 1. The van der Waals surface area contributed by atoms with Crippen molar-refractivity contribution in [2.24, 2.45) is 0 Å². The summed E-state index contributed by atoms with van der Waals surface area (Å²) in [7, 11) is 0. The minimum Gasteiger partial charge on any atom is -0.376 e. The van der Waals surface area contributed by atoms with Crippen LogP contribution in [0, 0.1) is 0 Å². The Hall–Kier alpha value is -2.53. The van der Waals surface area contributed by atoms with Gasteiger partial charge in [0.15, 0.2) is 5.78 Å². The fraction of sp³-hybridized carbons (Fsp3) is 0.381. The van der Waals surface area contributed by atoms with Crippen LogP contribution < -0.4 is 0 Å². The zero-order valence-corrected chi connectivity index (χ0v) is 15.3. The van der Waals surface area contributed by atoms with Crippen molar-refractivity contribution in [3.8, 4) is 11.3 Å². The number of Topliss-reactive ketones (excluding diaryl/α,β-unsaturated/α-hetero) is 1. The van der Waals surface area contributed by atoms with E-state index in [1.165, 1.54) is 6.92 Å². The van der Waals surface area contributed by atoms with Gasteiger partial charge in [0.1, 0.15) is 0 Å². The molecule has 136 valence electrons. The van der Waals surface area contributed by atoms with Gasteiger partial charge in [0, 0.05) is 42.6 Å². The molecule has 1 aliphatic heterocycles. The average Bonchev–Trinajstić information content (AvgIpc) is 3.19. The predicted molar refractivity (Wildman–Crippen MR) is 100 cm³/mol. The number of aromatic nitrogens is 1. The third-order valence-electron chi connectivity index (χ3n) is 4.71. The largest absolute Gasteiger partial charge is 0.376 e. The zero-order chi connectivity index (χ0) is 18.5. The van der Waals surface area contributed by atoms with Crippen LogP contribution in [0.3, 0.4) is 0 Å². The Labute approximate surface area is 154 Å². The Morgan fingerprint density at radius 3 is 2.42 bits per heavy atom. The molecule has 1 saturated heterocycles. The summed E-state index contributed by atoms with van der Waals surface area (Å²) in [6.45, 7) is 5.61. The summed E-state index contributed by atoms with van der Waals surface area (Å²) in [5.41, 5.74) is 2.95. The molecular formula is C21H24N2O3. The van der Waals surface area contributed by atoms with Gasteiger partial charge in [-0.25, -0.2) is 0 Å². The Balaban J connectivity index is 1.71. The van der Waals surface area contributed by atoms with E-state index in [0.717, 1.165) is 30.7 Å². The van der Waals surface area contributed by atoms with Crippen LogP contribution in [0.1, 0.15) is 47.4 Å². The maximum atomic E-state index is 12.7. The van der Waals surface area contributed by atoms with Gasteiger partial charge in [-0.05, 0) is 51.0 Å². The highest BCUT2D eigenvalue weighted by atomic mass is 16.5. The van der Waals surface area contributed by atoms with E-state index >= 15 is 0 Å². The second-order valence-electron chi connectivity index (χ2n) is 6.54. The van der Waals surface area contributed by atoms with Crippen molar-refractivity contribution < 1.29 is 14.3 Å².